The fourth-order valence-electron chi connectivity index (χ4n) is 2.83. The lowest BCUT2D eigenvalue weighted by Crippen LogP contribution is -2.41. The van der Waals surface area contributed by atoms with Crippen LogP contribution in [0.15, 0.2) is 12.1 Å². The van der Waals surface area contributed by atoms with Gasteiger partial charge in [-0.25, -0.2) is 0 Å². The van der Waals surface area contributed by atoms with Crippen molar-refractivity contribution in [2.45, 2.75) is 31.3 Å². The second kappa shape index (κ2) is 5.80. The zero-order valence-corrected chi connectivity index (χ0v) is 12.0. The second-order valence-corrected chi connectivity index (χ2v) is 5.14. The zero-order chi connectivity index (χ0) is 13.9. The van der Waals surface area contributed by atoms with Crippen molar-refractivity contribution < 1.29 is 14.2 Å². The van der Waals surface area contributed by atoms with E-state index in [4.69, 9.17) is 19.9 Å². The van der Waals surface area contributed by atoms with Crippen molar-refractivity contribution in [2.24, 2.45) is 5.73 Å². The number of rotatable bonds is 6. The van der Waals surface area contributed by atoms with Gasteiger partial charge in [-0.1, -0.05) is 6.42 Å². The Hall–Kier alpha value is -1.26. The van der Waals surface area contributed by atoms with Crippen molar-refractivity contribution in [1.82, 2.24) is 0 Å². The molecular weight excluding hydrogens is 242 g/mol. The summed E-state index contributed by atoms with van der Waals surface area (Å²) >= 11 is 0. The van der Waals surface area contributed by atoms with Crippen LogP contribution in [-0.2, 0) is 16.8 Å². The molecule has 0 aliphatic heterocycles. The van der Waals surface area contributed by atoms with Crippen LogP contribution < -0.4 is 15.2 Å². The summed E-state index contributed by atoms with van der Waals surface area (Å²) in [4.78, 5) is 0. The second-order valence-electron chi connectivity index (χ2n) is 5.14. The molecule has 0 unspecified atom stereocenters. The van der Waals surface area contributed by atoms with Gasteiger partial charge in [0.15, 0.2) is 0 Å². The normalized spacial score (nSPS) is 16.8. The van der Waals surface area contributed by atoms with Crippen LogP contribution >= 0.6 is 0 Å². The molecule has 1 aromatic carbocycles. The number of methoxy groups -OCH3 is 3. The minimum atomic E-state index is 0.0695. The standard InChI is InChI=1S/C15H23NO3/c1-17-9-11-7-12(15(10-16)5-4-6-15)14(19-3)8-13(11)18-2/h7-8H,4-6,9-10,16H2,1-3H3. The summed E-state index contributed by atoms with van der Waals surface area (Å²) in [5, 5.41) is 0. The monoisotopic (exact) mass is 265 g/mol. The molecule has 0 spiro atoms. The van der Waals surface area contributed by atoms with Crippen LogP contribution in [0.3, 0.4) is 0 Å². The maximum absolute atomic E-state index is 6.00. The Balaban J connectivity index is 2.49. The highest BCUT2D eigenvalue weighted by Gasteiger charge is 2.40. The van der Waals surface area contributed by atoms with Crippen LogP contribution in [0, 0.1) is 0 Å². The smallest absolute Gasteiger partial charge is 0.128 e. The molecule has 106 valence electrons. The van der Waals surface area contributed by atoms with Gasteiger partial charge in [0.1, 0.15) is 11.5 Å². The molecule has 1 fully saturated rings. The molecule has 1 aromatic rings. The number of hydrogen-bond acceptors (Lipinski definition) is 4. The molecule has 0 saturated heterocycles. The third-order valence-corrected chi connectivity index (χ3v) is 4.18. The maximum Gasteiger partial charge on any atom is 0.128 e. The lowest BCUT2D eigenvalue weighted by Gasteiger charge is -2.42. The average molecular weight is 265 g/mol. The van der Waals surface area contributed by atoms with Gasteiger partial charge in [0.25, 0.3) is 0 Å². The summed E-state index contributed by atoms with van der Waals surface area (Å²) < 4.78 is 16.2. The van der Waals surface area contributed by atoms with Gasteiger partial charge >= 0.3 is 0 Å². The summed E-state index contributed by atoms with van der Waals surface area (Å²) in [6, 6.07) is 4.08. The van der Waals surface area contributed by atoms with Gasteiger partial charge in [-0.15, -0.1) is 0 Å². The Labute approximate surface area is 114 Å². The predicted molar refractivity (Wildman–Crippen MR) is 74.8 cm³/mol. The van der Waals surface area contributed by atoms with Crippen LogP contribution in [0.5, 0.6) is 11.5 Å². The molecule has 0 heterocycles. The highest BCUT2D eigenvalue weighted by Crippen LogP contribution is 2.48. The molecule has 0 aromatic heterocycles. The first-order chi connectivity index (χ1) is 9.20. The minimum Gasteiger partial charge on any atom is -0.496 e. The van der Waals surface area contributed by atoms with Gasteiger partial charge in [0.05, 0.1) is 20.8 Å². The van der Waals surface area contributed by atoms with E-state index in [0.29, 0.717) is 13.2 Å². The van der Waals surface area contributed by atoms with E-state index in [-0.39, 0.29) is 5.41 Å². The average Bonchev–Trinajstić information content (AvgIpc) is 2.39. The molecule has 0 amide bonds. The maximum atomic E-state index is 6.00. The lowest BCUT2D eigenvalue weighted by atomic mass is 9.64. The number of nitrogens with two attached hydrogens (primary N) is 1. The van der Waals surface area contributed by atoms with E-state index in [1.807, 2.05) is 6.07 Å². The third kappa shape index (κ3) is 2.42. The van der Waals surface area contributed by atoms with Crippen LogP contribution in [0.25, 0.3) is 0 Å². The molecule has 4 nitrogen and oxygen atoms in total. The largest absolute Gasteiger partial charge is 0.496 e. The van der Waals surface area contributed by atoms with Crippen molar-refractivity contribution >= 4 is 0 Å². The number of hydrogen-bond donors (Lipinski definition) is 1. The molecule has 1 saturated carbocycles. The highest BCUT2D eigenvalue weighted by molar-refractivity contribution is 5.50. The van der Waals surface area contributed by atoms with Crippen molar-refractivity contribution in [3.63, 3.8) is 0 Å². The SMILES string of the molecule is COCc1cc(C2(CN)CCC2)c(OC)cc1OC. The molecule has 2 rings (SSSR count). The van der Waals surface area contributed by atoms with Gasteiger partial charge in [-0.2, -0.15) is 0 Å². The summed E-state index contributed by atoms with van der Waals surface area (Å²) in [6.45, 7) is 1.18. The van der Waals surface area contributed by atoms with Crippen molar-refractivity contribution in [3.8, 4) is 11.5 Å². The fraction of sp³-hybridized carbons (Fsp3) is 0.600. The molecule has 1 aliphatic rings. The van der Waals surface area contributed by atoms with Gasteiger partial charge < -0.3 is 19.9 Å². The molecule has 0 radical (unpaired) electrons. The first kappa shape index (κ1) is 14.2. The topological polar surface area (TPSA) is 53.7 Å². The predicted octanol–water partition coefficient (Wildman–Crippen LogP) is 2.23. The zero-order valence-electron chi connectivity index (χ0n) is 12.0. The van der Waals surface area contributed by atoms with E-state index in [1.54, 1.807) is 21.3 Å². The van der Waals surface area contributed by atoms with Crippen molar-refractivity contribution in [3.05, 3.63) is 23.3 Å². The Morgan fingerprint density at radius 2 is 1.79 bits per heavy atom. The van der Waals surface area contributed by atoms with E-state index < -0.39 is 0 Å². The summed E-state index contributed by atoms with van der Waals surface area (Å²) in [7, 11) is 5.04. The summed E-state index contributed by atoms with van der Waals surface area (Å²) in [6.07, 6.45) is 3.48. The van der Waals surface area contributed by atoms with Crippen LogP contribution in [-0.4, -0.2) is 27.9 Å². The molecule has 1 aliphatic carbocycles. The molecule has 4 heteroatoms. The summed E-state index contributed by atoms with van der Waals surface area (Å²) in [5.74, 6) is 1.66. The first-order valence-electron chi connectivity index (χ1n) is 6.65. The Bertz CT molecular complexity index is 436. The van der Waals surface area contributed by atoms with Gasteiger partial charge in [-0.3, -0.25) is 0 Å². The number of benzene rings is 1. The lowest BCUT2D eigenvalue weighted by molar-refractivity contribution is 0.180. The molecule has 0 bridgehead atoms. The summed E-state index contributed by atoms with van der Waals surface area (Å²) in [5.41, 5.74) is 8.30. The first-order valence-corrected chi connectivity index (χ1v) is 6.65. The quantitative estimate of drug-likeness (QED) is 0.857. The fourth-order valence-corrected chi connectivity index (χ4v) is 2.83. The van der Waals surface area contributed by atoms with Crippen LogP contribution in [0.4, 0.5) is 0 Å². The van der Waals surface area contributed by atoms with Gasteiger partial charge in [0, 0.05) is 36.3 Å². The van der Waals surface area contributed by atoms with Crippen molar-refractivity contribution in [1.29, 1.82) is 0 Å². The molecule has 19 heavy (non-hydrogen) atoms. The van der Waals surface area contributed by atoms with E-state index in [9.17, 15) is 0 Å². The molecular formula is C15H23NO3. The molecule has 2 N–H and O–H groups in total. The number of ether oxygens (including phenoxy) is 3. The van der Waals surface area contributed by atoms with E-state index in [2.05, 4.69) is 6.07 Å². The van der Waals surface area contributed by atoms with Gasteiger partial charge in [-0.05, 0) is 18.9 Å². The van der Waals surface area contributed by atoms with Crippen LogP contribution in [0.1, 0.15) is 30.4 Å². The van der Waals surface area contributed by atoms with Crippen molar-refractivity contribution in [2.75, 3.05) is 27.9 Å². The van der Waals surface area contributed by atoms with Crippen LogP contribution in [0.2, 0.25) is 0 Å². The Kier molecular flexibility index (Phi) is 4.32. The van der Waals surface area contributed by atoms with Gasteiger partial charge in [0.2, 0.25) is 0 Å². The van der Waals surface area contributed by atoms with E-state index in [1.165, 1.54) is 12.0 Å². The highest BCUT2D eigenvalue weighted by atomic mass is 16.5. The Morgan fingerprint density at radius 1 is 1.11 bits per heavy atom. The third-order valence-electron chi connectivity index (χ3n) is 4.18. The minimum absolute atomic E-state index is 0.0695. The van der Waals surface area contributed by atoms with E-state index in [0.717, 1.165) is 29.9 Å². The Morgan fingerprint density at radius 3 is 2.21 bits per heavy atom. The van der Waals surface area contributed by atoms with E-state index >= 15 is 0 Å². The molecule has 0 atom stereocenters.